The van der Waals surface area contributed by atoms with Crippen LogP contribution in [0.5, 0.6) is 0 Å². The first-order valence-corrected chi connectivity index (χ1v) is 10.3. The van der Waals surface area contributed by atoms with Crippen molar-refractivity contribution in [3.05, 3.63) is 89.7 Å². The van der Waals surface area contributed by atoms with Crippen LogP contribution in [0.1, 0.15) is 21.5 Å². The summed E-state index contributed by atoms with van der Waals surface area (Å²) in [6.45, 7) is 4.10. The van der Waals surface area contributed by atoms with E-state index in [4.69, 9.17) is 9.15 Å². The van der Waals surface area contributed by atoms with E-state index in [1.807, 2.05) is 31.2 Å². The molecule has 0 fully saturated rings. The summed E-state index contributed by atoms with van der Waals surface area (Å²) in [7, 11) is 1.29. The van der Waals surface area contributed by atoms with Crippen LogP contribution >= 0.6 is 0 Å². The fraction of sp³-hybridized carbons (Fsp3) is 0.115. The Morgan fingerprint density at radius 3 is 2.42 bits per heavy atom. The molecule has 0 radical (unpaired) electrons. The van der Waals surface area contributed by atoms with Gasteiger partial charge in [0.05, 0.1) is 18.4 Å². The van der Waals surface area contributed by atoms with Gasteiger partial charge in [0.25, 0.3) is 0 Å². The Morgan fingerprint density at radius 2 is 1.70 bits per heavy atom. The molecule has 2 N–H and O–H groups in total. The number of para-hydroxylation sites is 1. The quantitative estimate of drug-likeness (QED) is 0.367. The highest BCUT2D eigenvalue weighted by molar-refractivity contribution is 6.05. The molecule has 0 bridgehead atoms. The molecule has 7 nitrogen and oxygen atoms in total. The third-order valence-corrected chi connectivity index (χ3v) is 5.13. The molecule has 0 atom stereocenters. The van der Waals surface area contributed by atoms with Crippen molar-refractivity contribution in [2.75, 3.05) is 17.7 Å². The van der Waals surface area contributed by atoms with Gasteiger partial charge in [0.1, 0.15) is 12.0 Å². The molecule has 1 aromatic heterocycles. The predicted octanol–water partition coefficient (Wildman–Crippen LogP) is 6.06. The van der Waals surface area contributed by atoms with E-state index in [1.165, 1.54) is 12.7 Å². The largest absolute Gasteiger partial charge is 0.465 e. The van der Waals surface area contributed by atoms with Crippen LogP contribution in [-0.4, -0.2) is 24.1 Å². The number of aryl methyl sites for hydroxylation is 2. The van der Waals surface area contributed by atoms with Crippen molar-refractivity contribution < 1.29 is 18.7 Å². The summed E-state index contributed by atoms with van der Waals surface area (Å²) in [5, 5.41) is 5.41. The van der Waals surface area contributed by atoms with E-state index in [9.17, 15) is 9.59 Å². The lowest BCUT2D eigenvalue weighted by atomic mass is 10.0. The molecule has 33 heavy (non-hydrogen) atoms. The predicted molar refractivity (Wildman–Crippen MR) is 127 cm³/mol. The van der Waals surface area contributed by atoms with Crippen LogP contribution in [0.3, 0.4) is 0 Å². The SMILES string of the molecule is COC(=O)c1ccccc1NC(=O)Nc1ccc(-c2nc(-c3ccc(C)cc3C)co2)cc1. The van der Waals surface area contributed by atoms with E-state index >= 15 is 0 Å². The van der Waals surface area contributed by atoms with Crippen molar-refractivity contribution in [1.82, 2.24) is 4.98 Å². The first-order chi connectivity index (χ1) is 15.9. The number of esters is 1. The summed E-state index contributed by atoms with van der Waals surface area (Å²) < 4.78 is 10.4. The monoisotopic (exact) mass is 441 g/mol. The average molecular weight is 441 g/mol. The lowest BCUT2D eigenvalue weighted by Crippen LogP contribution is -2.21. The topological polar surface area (TPSA) is 93.5 Å². The summed E-state index contributed by atoms with van der Waals surface area (Å²) in [6.07, 6.45) is 1.64. The second-order valence-electron chi connectivity index (χ2n) is 7.55. The molecule has 0 unspecified atom stereocenters. The lowest BCUT2D eigenvalue weighted by Gasteiger charge is -2.11. The minimum atomic E-state index is -0.526. The Labute approximate surface area is 191 Å². The molecule has 7 heteroatoms. The Balaban J connectivity index is 1.45. The number of amides is 2. The van der Waals surface area contributed by atoms with E-state index in [1.54, 1.807) is 42.7 Å². The maximum atomic E-state index is 12.4. The summed E-state index contributed by atoms with van der Waals surface area (Å²) in [5.41, 5.74) is 6.12. The Morgan fingerprint density at radius 1 is 0.939 bits per heavy atom. The van der Waals surface area contributed by atoms with Crippen molar-refractivity contribution in [1.29, 1.82) is 0 Å². The van der Waals surface area contributed by atoms with Crippen molar-refractivity contribution in [3.8, 4) is 22.7 Å². The molecule has 4 aromatic rings. The second-order valence-corrected chi connectivity index (χ2v) is 7.55. The van der Waals surface area contributed by atoms with Gasteiger partial charge in [-0.25, -0.2) is 14.6 Å². The highest BCUT2D eigenvalue weighted by Gasteiger charge is 2.14. The number of urea groups is 1. The second kappa shape index (κ2) is 9.40. The lowest BCUT2D eigenvalue weighted by molar-refractivity contribution is 0.0602. The fourth-order valence-corrected chi connectivity index (χ4v) is 3.49. The summed E-state index contributed by atoms with van der Waals surface area (Å²) in [5.74, 6) is -0.0330. The van der Waals surface area contributed by atoms with E-state index in [0.717, 1.165) is 22.4 Å². The molecule has 0 aliphatic heterocycles. The minimum Gasteiger partial charge on any atom is -0.465 e. The molecule has 0 spiro atoms. The first kappa shape index (κ1) is 21.8. The smallest absolute Gasteiger partial charge is 0.339 e. The summed E-state index contributed by atoms with van der Waals surface area (Å²) >= 11 is 0. The zero-order valence-electron chi connectivity index (χ0n) is 18.5. The van der Waals surface area contributed by atoms with Gasteiger partial charge < -0.3 is 19.8 Å². The van der Waals surface area contributed by atoms with Gasteiger partial charge in [-0.15, -0.1) is 0 Å². The van der Waals surface area contributed by atoms with Crippen molar-refractivity contribution in [2.24, 2.45) is 0 Å². The van der Waals surface area contributed by atoms with Crippen molar-refractivity contribution >= 4 is 23.4 Å². The molecule has 2 amide bonds. The zero-order valence-corrected chi connectivity index (χ0v) is 18.5. The maximum absolute atomic E-state index is 12.4. The number of carbonyl (C=O) groups is 2. The van der Waals surface area contributed by atoms with Crippen LogP contribution in [0, 0.1) is 13.8 Å². The van der Waals surface area contributed by atoms with Crippen LogP contribution in [0.15, 0.2) is 77.4 Å². The number of anilines is 2. The number of benzene rings is 3. The van der Waals surface area contributed by atoms with Gasteiger partial charge in [0, 0.05) is 16.8 Å². The van der Waals surface area contributed by atoms with Gasteiger partial charge in [-0.05, 0) is 55.8 Å². The Hall–Kier alpha value is -4.39. The molecule has 1 heterocycles. The number of aromatic nitrogens is 1. The number of nitrogens with one attached hydrogen (secondary N) is 2. The molecule has 0 aliphatic carbocycles. The van der Waals surface area contributed by atoms with Gasteiger partial charge in [0.2, 0.25) is 5.89 Å². The maximum Gasteiger partial charge on any atom is 0.339 e. The number of ether oxygens (including phenoxy) is 1. The van der Waals surface area contributed by atoms with Crippen molar-refractivity contribution in [3.63, 3.8) is 0 Å². The van der Waals surface area contributed by atoms with E-state index in [-0.39, 0.29) is 5.56 Å². The molecular weight excluding hydrogens is 418 g/mol. The standard InChI is InChI=1S/C26H23N3O4/c1-16-8-13-20(17(2)14-16)23-15-33-24(28-23)18-9-11-19(12-10-18)27-26(31)29-22-7-5-4-6-21(22)25(30)32-3/h4-15H,1-3H3,(H2,27,29,31). The van der Waals surface area contributed by atoms with Gasteiger partial charge in [-0.1, -0.05) is 35.9 Å². The van der Waals surface area contributed by atoms with Gasteiger partial charge in [-0.3, -0.25) is 0 Å². The molecule has 3 aromatic carbocycles. The summed E-state index contributed by atoms with van der Waals surface area (Å²) in [6, 6.07) is 19.5. The molecular formula is C26H23N3O4. The molecule has 166 valence electrons. The normalized spacial score (nSPS) is 10.5. The van der Waals surface area contributed by atoms with Gasteiger partial charge in [-0.2, -0.15) is 0 Å². The van der Waals surface area contributed by atoms with Crippen LogP contribution in [0.25, 0.3) is 22.7 Å². The number of rotatable bonds is 5. The third kappa shape index (κ3) is 4.93. The van der Waals surface area contributed by atoms with E-state index in [0.29, 0.717) is 17.3 Å². The third-order valence-electron chi connectivity index (χ3n) is 5.13. The number of methoxy groups -OCH3 is 1. The van der Waals surface area contributed by atoms with Gasteiger partial charge >= 0.3 is 12.0 Å². The van der Waals surface area contributed by atoms with Crippen LogP contribution in [0.2, 0.25) is 0 Å². The zero-order chi connectivity index (χ0) is 23.4. The van der Waals surface area contributed by atoms with Crippen LogP contribution in [-0.2, 0) is 4.74 Å². The fourth-order valence-electron chi connectivity index (χ4n) is 3.49. The van der Waals surface area contributed by atoms with E-state index < -0.39 is 12.0 Å². The van der Waals surface area contributed by atoms with Crippen LogP contribution < -0.4 is 10.6 Å². The van der Waals surface area contributed by atoms with Crippen LogP contribution in [0.4, 0.5) is 16.2 Å². The average Bonchev–Trinajstić information content (AvgIpc) is 3.29. The summed E-state index contributed by atoms with van der Waals surface area (Å²) in [4.78, 5) is 28.9. The van der Waals surface area contributed by atoms with E-state index in [2.05, 4.69) is 28.6 Å². The number of oxazole rings is 1. The molecule has 0 aliphatic rings. The molecule has 4 rings (SSSR count). The Kier molecular flexibility index (Phi) is 6.22. The van der Waals surface area contributed by atoms with Gasteiger partial charge in [0.15, 0.2) is 0 Å². The molecule has 0 saturated heterocycles. The number of hydrogen-bond acceptors (Lipinski definition) is 5. The Bertz CT molecular complexity index is 1310. The number of nitrogens with zero attached hydrogens (tertiary/aromatic N) is 1. The molecule has 0 saturated carbocycles. The first-order valence-electron chi connectivity index (χ1n) is 10.3. The minimum absolute atomic E-state index is 0.272. The number of carbonyl (C=O) groups excluding carboxylic acids is 2. The highest BCUT2D eigenvalue weighted by Crippen LogP contribution is 2.28. The highest BCUT2D eigenvalue weighted by atomic mass is 16.5. The number of hydrogen-bond donors (Lipinski definition) is 2. The van der Waals surface area contributed by atoms with Crippen molar-refractivity contribution in [2.45, 2.75) is 13.8 Å².